The lowest BCUT2D eigenvalue weighted by molar-refractivity contribution is -0.325. The molecule has 0 saturated heterocycles. The summed E-state index contributed by atoms with van der Waals surface area (Å²) in [4.78, 5) is -0.484. The molecule has 0 amide bonds. The third-order valence-electron chi connectivity index (χ3n) is 2.72. The normalized spacial score (nSPS) is 13.0. The molecule has 2 N–H and O–H groups in total. The lowest BCUT2D eigenvalue weighted by Gasteiger charge is -2.08. The van der Waals surface area contributed by atoms with E-state index in [1.165, 1.54) is 12.1 Å². The average molecular weight is 326 g/mol. The predicted molar refractivity (Wildman–Crippen MR) is 65.3 cm³/mol. The van der Waals surface area contributed by atoms with Crippen LogP contribution in [0.4, 0.5) is 17.6 Å². The lowest BCUT2D eigenvalue weighted by atomic mass is 10.2. The van der Waals surface area contributed by atoms with Crippen molar-refractivity contribution < 1.29 is 30.7 Å². The summed E-state index contributed by atoms with van der Waals surface area (Å²) < 4.78 is 77.1. The third-order valence-corrected chi connectivity index (χ3v) is 3.65. The zero-order chi connectivity index (χ0) is 15.8. The van der Waals surface area contributed by atoms with Gasteiger partial charge in [0.25, 0.3) is 0 Å². The molecule has 0 aliphatic carbocycles. The zero-order valence-corrected chi connectivity index (χ0v) is 11.2. The second kappa shape index (κ2) is 5.28. The molecule has 0 spiro atoms. The van der Waals surface area contributed by atoms with Gasteiger partial charge in [-0.05, 0) is 12.1 Å². The molecule has 0 fully saturated rings. The van der Waals surface area contributed by atoms with Gasteiger partial charge in [-0.15, -0.1) is 13.2 Å². The molecule has 0 atom stereocenters. The number of hydrogen-bond acceptors (Lipinski definition) is 3. The van der Waals surface area contributed by atoms with E-state index in [2.05, 4.69) is 4.74 Å². The molecule has 0 bridgehead atoms. The highest BCUT2D eigenvalue weighted by atomic mass is 32.2. The number of alkyl halides is 3. The van der Waals surface area contributed by atoms with Crippen LogP contribution >= 0.6 is 0 Å². The van der Waals surface area contributed by atoms with E-state index in [4.69, 9.17) is 5.14 Å². The van der Waals surface area contributed by atoms with Crippen LogP contribution in [-0.2, 0) is 21.3 Å². The van der Waals surface area contributed by atoms with Gasteiger partial charge in [-0.3, -0.25) is 4.74 Å². The lowest BCUT2D eigenvalue weighted by Crippen LogP contribution is -2.17. The number of primary sulfonamides is 1. The summed E-state index contributed by atoms with van der Waals surface area (Å²) in [5.41, 5.74) is 0.116. The summed E-state index contributed by atoms with van der Waals surface area (Å²) in [5.74, 6) is -0.827. The van der Waals surface area contributed by atoms with E-state index in [1.54, 1.807) is 0 Å². The zero-order valence-electron chi connectivity index (χ0n) is 10.4. The van der Waals surface area contributed by atoms with E-state index in [9.17, 15) is 26.0 Å². The van der Waals surface area contributed by atoms with Crippen molar-refractivity contribution in [2.24, 2.45) is 5.14 Å². The molecule has 1 heterocycles. The molecular formula is C11H10F4N2O3S. The Bertz CT molecular complexity index is 768. The number of nitrogens with zero attached hydrogens (tertiary/aromatic N) is 1. The fourth-order valence-corrected chi connectivity index (χ4v) is 2.69. The maximum atomic E-state index is 13.8. The molecule has 5 nitrogen and oxygen atoms in total. The Morgan fingerprint density at radius 2 is 1.95 bits per heavy atom. The minimum atomic E-state index is -4.79. The summed E-state index contributed by atoms with van der Waals surface area (Å²) in [6, 6.07) is 3.72. The maximum Gasteiger partial charge on any atom is 0.522 e. The fourth-order valence-electron chi connectivity index (χ4n) is 1.93. The molecule has 1 aromatic carbocycles. The first-order chi connectivity index (χ1) is 9.59. The van der Waals surface area contributed by atoms with Gasteiger partial charge in [-0.2, -0.15) is 0 Å². The van der Waals surface area contributed by atoms with Gasteiger partial charge in [0.15, 0.2) is 0 Å². The Morgan fingerprint density at radius 3 is 2.52 bits per heavy atom. The highest BCUT2D eigenvalue weighted by Gasteiger charge is 2.29. The third kappa shape index (κ3) is 3.52. The molecule has 0 unspecified atom stereocenters. The largest absolute Gasteiger partial charge is 0.522 e. The van der Waals surface area contributed by atoms with Crippen LogP contribution in [0.1, 0.15) is 0 Å². The van der Waals surface area contributed by atoms with Gasteiger partial charge in [0.1, 0.15) is 10.7 Å². The maximum absolute atomic E-state index is 13.8. The molecule has 21 heavy (non-hydrogen) atoms. The Kier molecular flexibility index (Phi) is 3.95. The number of aromatic nitrogens is 1. The monoisotopic (exact) mass is 326 g/mol. The van der Waals surface area contributed by atoms with Crippen molar-refractivity contribution in [3.05, 3.63) is 30.2 Å². The first-order valence-electron chi connectivity index (χ1n) is 5.60. The molecular weight excluding hydrogens is 316 g/mol. The number of sulfonamides is 1. The topological polar surface area (TPSA) is 74.3 Å². The molecule has 2 aromatic rings. The van der Waals surface area contributed by atoms with Gasteiger partial charge in [-0.25, -0.2) is 17.9 Å². The van der Waals surface area contributed by atoms with Gasteiger partial charge in [0.05, 0.1) is 17.5 Å². The van der Waals surface area contributed by atoms with Crippen LogP contribution in [-0.4, -0.2) is 26.0 Å². The molecule has 1 aromatic heterocycles. The van der Waals surface area contributed by atoms with Gasteiger partial charge in [0, 0.05) is 12.7 Å². The van der Waals surface area contributed by atoms with Crippen LogP contribution in [0.15, 0.2) is 29.3 Å². The first kappa shape index (κ1) is 15.7. The standard InChI is InChI=1S/C11H10F4N2O3S/c12-7-2-1-3-8-10(7)9(21(16,18)19)6-17(8)4-5-20-11(13,14)15/h1-3,6H,4-5H2,(H2,16,18,19). The van der Waals surface area contributed by atoms with Crippen molar-refractivity contribution in [1.29, 1.82) is 0 Å². The number of fused-ring (bicyclic) bond motifs is 1. The van der Waals surface area contributed by atoms with Gasteiger partial charge in [0.2, 0.25) is 10.0 Å². The fraction of sp³-hybridized carbons (Fsp3) is 0.273. The summed E-state index contributed by atoms with van der Waals surface area (Å²) in [6.45, 7) is -1.05. The quantitative estimate of drug-likeness (QED) is 0.873. The molecule has 0 aliphatic heterocycles. The average Bonchev–Trinajstić information content (AvgIpc) is 2.68. The Morgan fingerprint density at radius 1 is 1.29 bits per heavy atom. The van der Waals surface area contributed by atoms with Crippen LogP contribution in [0.2, 0.25) is 0 Å². The van der Waals surface area contributed by atoms with Gasteiger partial charge in [-0.1, -0.05) is 6.07 Å². The van der Waals surface area contributed by atoms with Crippen molar-refractivity contribution >= 4 is 20.9 Å². The Hall–Kier alpha value is -1.65. The smallest absolute Gasteiger partial charge is 0.344 e. The second-order valence-corrected chi connectivity index (χ2v) is 5.69. The van der Waals surface area contributed by atoms with Crippen LogP contribution in [0.3, 0.4) is 0 Å². The van der Waals surface area contributed by atoms with Crippen molar-refractivity contribution in [3.63, 3.8) is 0 Å². The van der Waals surface area contributed by atoms with Crippen LogP contribution < -0.4 is 5.14 Å². The minimum Gasteiger partial charge on any atom is -0.344 e. The highest BCUT2D eigenvalue weighted by Crippen LogP contribution is 2.27. The number of benzene rings is 1. The predicted octanol–water partition coefficient (Wildman–Crippen LogP) is 1.96. The van der Waals surface area contributed by atoms with Crippen molar-refractivity contribution in [2.75, 3.05) is 6.61 Å². The summed E-state index contributed by atoms with van der Waals surface area (Å²) in [6.07, 6.45) is -3.81. The van der Waals surface area contributed by atoms with E-state index in [1.807, 2.05) is 0 Å². The number of halogens is 4. The minimum absolute atomic E-state index is 0.116. The summed E-state index contributed by atoms with van der Waals surface area (Å²) in [5, 5.41) is 4.73. The van der Waals surface area contributed by atoms with Crippen LogP contribution in [0.25, 0.3) is 10.9 Å². The summed E-state index contributed by atoms with van der Waals surface area (Å²) in [7, 11) is -4.21. The van der Waals surface area contributed by atoms with Crippen molar-refractivity contribution in [2.45, 2.75) is 17.8 Å². The number of ether oxygens (including phenoxy) is 1. The van der Waals surface area contributed by atoms with E-state index in [0.29, 0.717) is 0 Å². The summed E-state index contributed by atoms with van der Waals surface area (Å²) >= 11 is 0. The Balaban J connectivity index is 2.44. The molecule has 116 valence electrons. The molecule has 0 aliphatic rings. The number of hydrogen-bond donors (Lipinski definition) is 1. The molecule has 0 radical (unpaired) electrons. The number of rotatable bonds is 4. The van der Waals surface area contributed by atoms with Crippen molar-refractivity contribution in [3.8, 4) is 0 Å². The second-order valence-electron chi connectivity index (χ2n) is 4.16. The SMILES string of the molecule is NS(=O)(=O)c1cn(CCOC(F)(F)F)c2cccc(F)c12. The van der Waals surface area contributed by atoms with E-state index in [0.717, 1.165) is 16.8 Å². The van der Waals surface area contributed by atoms with Crippen molar-refractivity contribution in [1.82, 2.24) is 4.57 Å². The molecule has 0 saturated carbocycles. The molecule has 10 heteroatoms. The van der Waals surface area contributed by atoms with Crippen LogP contribution in [0.5, 0.6) is 0 Å². The Labute approximate surface area is 117 Å². The van der Waals surface area contributed by atoms with E-state index in [-0.39, 0.29) is 17.4 Å². The first-order valence-corrected chi connectivity index (χ1v) is 7.15. The van der Waals surface area contributed by atoms with E-state index >= 15 is 0 Å². The highest BCUT2D eigenvalue weighted by molar-refractivity contribution is 7.89. The number of nitrogens with two attached hydrogens (primary N) is 1. The van der Waals surface area contributed by atoms with E-state index < -0.39 is 33.7 Å². The van der Waals surface area contributed by atoms with Crippen LogP contribution in [0, 0.1) is 5.82 Å². The van der Waals surface area contributed by atoms with Gasteiger partial charge < -0.3 is 4.57 Å². The molecule has 2 rings (SSSR count). The van der Waals surface area contributed by atoms with Gasteiger partial charge >= 0.3 is 6.36 Å².